The number of aromatic nitrogens is 6. The van der Waals surface area contributed by atoms with E-state index in [4.69, 9.17) is 0 Å². The summed E-state index contributed by atoms with van der Waals surface area (Å²) < 4.78 is 43.4. The van der Waals surface area contributed by atoms with E-state index >= 15 is 0 Å². The number of halogens is 3. The molecule has 0 radical (unpaired) electrons. The quantitative estimate of drug-likeness (QED) is 0.329. The van der Waals surface area contributed by atoms with E-state index in [9.17, 15) is 32.3 Å². The molecule has 4 aromatic rings. The first-order valence-electron chi connectivity index (χ1n) is 13.3. The van der Waals surface area contributed by atoms with Gasteiger partial charge in [-0.3, -0.25) is 28.2 Å². The number of hydrogen-bond acceptors (Lipinski definition) is 6. The van der Waals surface area contributed by atoms with Gasteiger partial charge in [-0.05, 0) is 31.0 Å². The fraction of sp³-hybridized carbons (Fsp3) is 0.407. The summed E-state index contributed by atoms with van der Waals surface area (Å²) >= 11 is 0. The lowest BCUT2D eigenvalue weighted by molar-refractivity contribution is -0.137. The Morgan fingerprint density at radius 3 is 2.54 bits per heavy atom. The number of hydrogen-bond donors (Lipinski definition) is 1. The number of carbonyl (C=O) groups excluding carboxylic acids is 2. The summed E-state index contributed by atoms with van der Waals surface area (Å²) in [4.78, 5) is 60.2. The van der Waals surface area contributed by atoms with Gasteiger partial charge in [-0.1, -0.05) is 19.9 Å². The largest absolute Gasteiger partial charge is 0.416 e. The van der Waals surface area contributed by atoms with Gasteiger partial charge in [0, 0.05) is 43.9 Å². The molecular formula is C27H28F3N7O4. The number of benzene rings is 1. The maximum Gasteiger partial charge on any atom is 0.416 e. The van der Waals surface area contributed by atoms with Crippen molar-refractivity contribution < 1.29 is 22.8 Å². The highest BCUT2D eigenvalue weighted by Crippen LogP contribution is 2.33. The van der Waals surface area contributed by atoms with Crippen molar-refractivity contribution in [2.75, 3.05) is 11.4 Å². The number of rotatable bonds is 9. The maximum absolute atomic E-state index is 13.1. The van der Waals surface area contributed by atoms with Gasteiger partial charge in [0.25, 0.3) is 5.56 Å². The predicted molar refractivity (Wildman–Crippen MR) is 143 cm³/mol. The number of nitrogens with zero attached hydrogens (tertiary/aromatic N) is 6. The number of aryl methyl sites for hydroxylation is 1. The lowest BCUT2D eigenvalue weighted by Crippen LogP contribution is -2.40. The number of anilines is 1. The number of nitrogens with one attached hydrogen (secondary N) is 1. The second-order valence-corrected chi connectivity index (χ2v) is 10.0. The Hall–Kier alpha value is -4.49. The molecule has 41 heavy (non-hydrogen) atoms. The van der Waals surface area contributed by atoms with Crippen LogP contribution in [-0.4, -0.2) is 47.1 Å². The third kappa shape index (κ3) is 5.33. The molecule has 0 spiro atoms. The van der Waals surface area contributed by atoms with Crippen LogP contribution in [-0.2, 0) is 35.4 Å². The van der Waals surface area contributed by atoms with Crippen LogP contribution in [0.15, 0.2) is 46.2 Å². The average Bonchev–Trinajstić information content (AvgIpc) is 3.67. The number of H-pyrrole nitrogens is 1. The second kappa shape index (κ2) is 10.8. The molecule has 1 saturated heterocycles. The first-order valence-corrected chi connectivity index (χ1v) is 13.3. The molecule has 1 aromatic carbocycles. The second-order valence-electron chi connectivity index (χ2n) is 10.0. The van der Waals surface area contributed by atoms with Gasteiger partial charge in [-0.15, -0.1) is 0 Å². The van der Waals surface area contributed by atoms with Crippen LogP contribution in [0.3, 0.4) is 0 Å². The molecule has 1 aliphatic rings. The number of fused-ring (bicyclic) bond motifs is 1. The van der Waals surface area contributed by atoms with Crippen molar-refractivity contribution in [3.63, 3.8) is 0 Å². The molecule has 11 nitrogen and oxygen atoms in total. The number of amides is 1. The maximum atomic E-state index is 13.1. The Morgan fingerprint density at radius 2 is 1.83 bits per heavy atom. The van der Waals surface area contributed by atoms with Crippen LogP contribution in [0.25, 0.3) is 22.6 Å². The number of ketones is 1. The molecule has 1 atom stereocenters. The minimum absolute atomic E-state index is 0.0321. The molecule has 0 saturated carbocycles. The van der Waals surface area contributed by atoms with E-state index in [1.165, 1.54) is 37.0 Å². The number of imidazole rings is 1. The average molecular weight is 572 g/mol. The molecule has 216 valence electrons. The monoisotopic (exact) mass is 571 g/mol. The Balaban J connectivity index is 1.35. The summed E-state index contributed by atoms with van der Waals surface area (Å²) in [5.41, 5.74) is -0.739. The molecule has 1 amide bonds. The highest BCUT2D eigenvalue weighted by atomic mass is 19.4. The van der Waals surface area contributed by atoms with Gasteiger partial charge in [0.2, 0.25) is 5.91 Å². The van der Waals surface area contributed by atoms with Crippen molar-refractivity contribution in [3.05, 3.63) is 63.1 Å². The zero-order chi connectivity index (χ0) is 29.5. The van der Waals surface area contributed by atoms with Crippen LogP contribution >= 0.6 is 0 Å². The molecule has 0 aliphatic carbocycles. The number of aromatic amines is 1. The number of Topliss-reactive ketones (excluding diaryl/α,β-unsaturated/α-hetero) is 1. The van der Waals surface area contributed by atoms with E-state index < -0.39 is 34.8 Å². The fourth-order valence-electron chi connectivity index (χ4n) is 5.03. The van der Waals surface area contributed by atoms with Crippen LogP contribution < -0.4 is 16.1 Å². The molecule has 0 bridgehead atoms. The normalized spacial score (nSPS) is 15.8. The topological polar surface area (TPSA) is 128 Å². The van der Waals surface area contributed by atoms with Crippen LogP contribution in [0.5, 0.6) is 0 Å². The summed E-state index contributed by atoms with van der Waals surface area (Å²) in [5.74, 6) is -1.14. The summed E-state index contributed by atoms with van der Waals surface area (Å²) in [6.45, 7) is 4.25. The molecule has 1 fully saturated rings. The lowest BCUT2D eigenvalue weighted by atomic mass is 10.0. The standard InChI is InChI=1S/C27H28F3N7O4/c1-3-8-35-24-22(25(40)36(9-4-2)26(35)41)32-23(33-24)17-12-31-34(13-17)15-20(38)16-10-21(39)37(14-16)19-7-5-6-18(11-19)27(28,29)30/h5-7,11-13,16H,3-4,8-10,14-15H2,1-2H3,(H,32,33). The first-order chi connectivity index (χ1) is 19.5. The fourth-order valence-corrected chi connectivity index (χ4v) is 5.03. The third-order valence-corrected chi connectivity index (χ3v) is 7.05. The predicted octanol–water partition coefficient (Wildman–Crippen LogP) is 3.21. The summed E-state index contributed by atoms with van der Waals surface area (Å²) in [6.07, 6.45) is -0.373. The molecule has 14 heteroatoms. The zero-order valence-corrected chi connectivity index (χ0v) is 22.4. The Bertz CT molecular complexity index is 1750. The number of alkyl halides is 3. The van der Waals surface area contributed by atoms with Crippen molar-refractivity contribution in [1.29, 1.82) is 0 Å². The van der Waals surface area contributed by atoms with E-state index in [-0.39, 0.29) is 48.7 Å². The minimum Gasteiger partial charge on any atom is -0.332 e. The lowest BCUT2D eigenvalue weighted by Gasteiger charge is -2.18. The molecule has 3 aromatic heterocycles. The van der Waals surface area contributed by atoms with Crippen molar-refractivity contribution in [2.24, 2.45) is 5.92 Å². The van der Waals surface area contributed by atoms with Crippen molar-refractivity contribution in [1.82, 2.24) is 28.9 Å². The zero-order valence-electron chi connectivity index (χ0n) is 22.4. The highest BCUT2D eigenvalue weighted by molar-refractivity contribution is 6.00. The van der Waals surface area contributed by atoms with Gasteiger partial charge in [0.15, 0.2) is 11.4 Å². The van der Waals surface area contributed by atoms with E-state index in [0.29, 0.717) is 30.8 Å². The highest BCUT2D eigenvalue weighted by Gasteiger charge is 2.37. The smallest absolute Gasteiger partial charge is 0.332 e. The molecule has 4 heterocycles. The van der Waals surface area contributed by atoms with Crippen molar-refractivity contribution in [3.8, 4) is 11.4 Å². The molecule has 1 unspecified atom stereocenters. The third-order valence-electron chi connectivity index (χ3n) is 7.05. The summed E-state index contributed by atoms with van der Waals surface area (Å²) in [5, 5.41) is 4.22. The van der Waals surface area contributed by atoms with Gasteiger partial charge < -0.3 is 9.88 Å². The van der Waals surface area contributed by atoms with Gasteiger partial charge in [-0.25, -0.2) is 9.78 Å². The van der Waals surface area contributed by atoms with Crippen LogP contribution in [0, 0.1) is 5.92 Å². The van der Waals surface area contributed by atoms with Crippen LogP contribution in [0.1, 0.15) is 38.7 Å². The molecule has 1 aliphatic heterocycles. The Morgan fingerprint density at radius 1 is 1.10 bits per heavy atom. The molecule has 1 N–H and O–H groups in total. The van der Waals surface area contributed by atoms with Gasteiger partial charge in [-0.2, -0.15) is 18.3 Å². The Labute approximate surface area is 231 Å². The molecule has 5 rings (SSSR count). The minimum atomic E-state index is -4.55. The van der Waals surface area contributed by atoms with Crippen molar-refractivity contribution >= 4 is 28.5 Å². The SMILES string of the molecule is CCCn1c(=O)c2[nH]c(-c3cnn(CC(=O)C4CC(=O)N(c5cccc(C(F)(F)F)c5)C4)c3)nc2n(CCC)c1=O. The van der Waals surface area contributed by atoms with Crippen molar-refractivity contribution in [2.45, 2.75) is 58.9 Å². The van der Waals surface area contributed by atoms with Crippen LogP contribution in [0.4, 0.5) is 18.9 Å². The summed E-state index contributed by atoms with van der Waals surface area (Å²) in [7, 11) is 0. The van der Waals surface area contributed by atoms with E-state index in [2.05, 4.69) is 15.1 Å². The van der Waals surface area contributed by atoms with E-state index in [0.717, 1.165) is 12.1 Å². The first kappa shape index (κ1) is 28.1. The van der Waals surface area contributed by atoms with E-state index in [1.807, 2.05) is 13.8 Å². The summed E-state index contributed by atoms with van der Waals surface area (Å²) in [6, 6.07) is 4.46. The number of carbonyl (C=O) groups is 2. The van der Waals surface area contributed by atoms with Gasteiger partial charge >= 0.3 is 11.9 Å². The van der Waals surface area contributed by atoms with Crippen LogP contribution in [0.2, 0.25) is 0 Å². The molecular weight excluding hydrogens is 543 g/mol. The Kier molecular flexibility index (Phi) is 7.41. The van der Waals surface area contributed by atoms with Gasteiger partial charge in [0.05, 0.1) is 23.9 Å². The van der Waals surface area contributed by atoms with E-state index in [1.54, 1.807) is 6.20 Å². The van der Waals surface area contributed by atoms with Gasteiger partial charge in [0.1, 0.15) is 11.3 Å².